The topological polar surface area (TPSA) is 50.8 Å². The van der Waals surface area contributed by atoms with E-state index in [9.17, 15) is 4.79 Å². The number of nitrogens with zero attached hydrogens (tertiary/aromatic N) is 1. The number of anilines is 2. The largest absolute Gasteiger partial charge is 0.493 e. The molecule has 0 aliphatic carbocycles. The molecule has 0 unspecified atom stereocenters. The Bertz CT molecular complexity index is 738. The van der Waals surface area contributed by atoms with Crippen LogP contribution in [0.1, 0.15) is 25.0 Å². The number of amides is 1. The average Bonchev–Trinajstić information content (AvgIpc) is 2.65. The van der Waals surface area contributed by atoms with Gasteiger partial charge in [-0.05, 0) is 68.3 Å². The van der Waals surface area contributed by atoms with Gasteiger partial charge < -0.3 is 19.7 Å². The molecule has 0 aliphatic rings. The Kier molecular flexibility index (Phi) is 6.89. The number of nitrogens with one attached hydrogen (secondary N) is 1. The molecule has 0 radical (unpaired) electrons. The summed E-state index contributed by atoms with van der Waals surface area (Å²) in [5, 5.41) is 2.96. The van der Waals surface area contributed by atoms with E-state index in [1.807, 2.05) is 43.3 Å². The zero-order chi connectivity index (χ0) is 19.1. The van der Waals surface area contributed by atoms with Crippen LogP contribution in [0.3, 0.4) is 0 Å². The Morgan fingerprint density at radius 3 is 2.12 bits per heavy atom. The fourth-order valence-electron chi connectivity index (χ4n) is 2.94. The van der Waals surface area contributed by atoms with Crippen LogP contribution in [0.25, 0.3) is 0 Å². The number of aryl methyl sites for hydroxylation is 1. The van der Waals surface area contributed by atoms with Gasteiger partial charge >= 0.3 is 0 Å². The van der Waals surface area contributed by atoms with E-state index in [4.69, 9.17) is 9.47 Å². The molecular formula is C21H28N2O3. The molecule has 140 valence electrons. The molecule has 1 amide bonds. The van der Waals surface area contributed by atoms with Gasteiger partial charge in [0, 0.05) is 24.5 Å². The van der Waals surface area contributed by atoms with E-state index in [1.54, 1.807) is 14.2 Å². The van der Waals surface area contributed by atoms with Crippen LogP contribution in [0.15, 0.2) is 36.4 Å². The normalized spacial score (nSPS) is 10.3. The molecule has 5 nitrogen and oxygen atoms in total. The zero-order valence-electron chi connectivity index (χ0n) is 16.3. The highest BCUT2D eigenvalue weighted by Crippen LogP contribution is 2.30. The Hall–Kier alpha value is -2.69. The standard InChI is InChI=1S/C21H28N2O3/c1-6-23(7-2)18-10-8-17(9-11-18)22-21(24)14-16-13-20(26-5)19(25-4)12-15(16)3/h8-13H,6-7,14H2,1-5H3,(H,22,24). The molecule has 1 N–H and O–H groups in total. The molecule has 0 aliphatic heterocycles. The lowest BCUT2D eigenvalue weighted by molar-refractivity contribution is -0.115. The number of methoxy groups -OCH3 is 2. The molecular weight excluding hydrogens is 328 g/mol. The van der Waals surface area contributed by atoms with Gasteiger partial charge in [-0.1, -0.05) is 0 Å². The molecule has 0 saturated heterocycles. The molecule has 2 aromatic rings. The third-order valence-electron chi connectivity index (χ3n) is 4.47. The summed E-state index contributed by atoms with van der Waals surface area (Å²) in [6, 6.07) is 11.7. The van der Waals surface area contributed by atoms with Crippen molar-refractivity contribution in [3.63, 3.8) is 0 Å². The Morgan fingerprint density at radius 2 is 1.58 bits per heavy atom. The molecule has 0 heterocycles. The summed E-state index contributed by atoms with van der Waals surface area (Å²) in [7, 11) is 3.19. The molecule has 0 saturated carbocycles. The van der Waals surface area contributed by atoms with Gasteiger partial charge in [0.15, 0.2) is 11.5 Å². The van der Waals surface area contributed by atoms with E-state index in [0.717, 1.165) is 35.6 Å². The summed E-state index contributed by atoms with van der Waals surface area (Å²) in [4.78, 5) is 14.7. The van der Waals surface area contributed by atoms with Crippen molar-refractivity contribution in [1.29, 1.82) is 0 Å². The molecule has 0 atom stereocenters. The first kappa shape index (κ1) is 19.6. The highest BCUT2D eigenvalue weighted by atomic mass is 16.5. The van der Waals surface area contributed by atoms with Gasteiger partial charge in [0.1, 0.15) is 0 Å². The first-order valence-electron chi connectivity index (χ1n) is 8.88. The maximum absolute atomic E-state index is 12.4. The van der Waals surface area contributed by atoms with Crippen LogP contribution < -0.4 is 19.7 Å². The molecule has 2 aromatic carbocycles. The molecule has 2 rings (SSSR count). The molecule has 0 bridgehead atoms. The number of ether oxygens (including phenoxy) is 2. The lowest BCUT2D eigenvalue weighted by Crippen LogP contribution is -2.21. The minimum absolute atomic E-state index is 0.0593. The first-order valence-corrected chi connectivity index (χ1v) is 8.88. The smallest absolute Gasteiger partial charge is 0.228 e. The van der Waals surface area contributed by atoms with Crippen LogP contribution in [0, 0.1) is 6.92 Å². The van der Waals surface area contributed by atoms with Gasteiger partial charge in [-0.3, -0.25) is 4.79 Å². The van der Waals surface area contributed by atoms with Crippen LogP contribution in [0.2, 0.25) is 0 Å². The van der Waals surface area contributed by atoms with E-state index >= 15 is 0 Å². The van der Waals surface area contributed by atoms with Crippen LogP contribution in [0.5, 0.6) is 11.5 Å². The number of rotatable bonds is 8. The summed E-state index contributed by atoms with van der Waals surface area (Å²) in [5.74, 6) is 1.24. The fraction of sp³-hybridized carbons (Fsp3) is 0.381. The Balaban J connectivity index is 2.07. The second-order valence-electron chi connectivity index (χ2n) is 6.08. The van der Waals surface area contributed by atoms with E-state index < -0.39 is 0 Å². The summed E-state index contributed by atoms with van der Waals surface area (Å²) in [6.07, 6.45) is 0.282. The number of carbonyl (C=O) groups excluding carboxylic acids is 1. The minimum atomic E-state index is -0.0593. The maximum atomic E-state index is 12.4. The SMILES string of the molecule is CCN(CC)c1ccc(NC(=O)Cc2cc(OC)c(OC)cc2C)cc1. The van der Waals surface area contributed by atoms with Gasteiger partial charge in [-0.25, -0.2) is 0 Å². The Morgan fingerprint density at radius 1 is 1.00 bits per heavy atom. The second-order valence-corrected chi connectivity index (χ2v) is 6.08. The third-order valence-corrected chi connectivity index (χ3v) is 4.47. The van der Waals surface area contributed by atoms with Crippen LogP contribution in [-0.2, 0) is 11.2 Å². The first-order chi connectivity index (χ1) is 12.5. The van der Waals surface area contributed by atoms with Crippen molar-refractivity contribution in [2.75, 3.05) is 37.5 Å². The van der Waals surface area contributed by atoms with Crippen molar-refractivity contribution in [2.24, 2.45) is 0 Å². The highest BCUT2D eigenvalue weighted by molar-refractivity contribution is 5.92. The summed E-state index contributed by atoms with van der Waals surface area (Å²) in [6.45, 7) is 8.14. The summed E-state index contributed by atoms with van der Waals surface area (Å²) in [5.41, 5.74) is 3.86. The van der Waals surface area contributed by atoms with Crippen LogP contribution in [0.4, 0.5) is 11.4 Å². The van der Waals surface area contributed by atoms with Crippen LogP contribution >= 0.6 is 0 Å². The number of benzene rings is 2. The maximum Gasteiger partial charge on any atom is 0.228 e. The summed E-state index contributed by atoms with van der Waals surface area (Å²) >= 11 is 0. The van der Waals surface area contributed by atoms with Crippen molar-refractivity contribution in [2.45, 2.75) is 27.2 Å². The number of hydrogen-bond acceptors (Lipinski definition) is 4. The van der Waals surface area contributed by atoms with Gasteiger partial charge in [0.25, 0.3) is 0 Å². The number of hydrogen-bond donors (Lipinski definition) is 1. The van der Waals surface area contributed by atoms with Crippen molar-refractivity contribution in [3.8, 4) is 11.5 Å². The monoisotopic (exact) mass is 356 g/mol. The predicted octanol–water partition coefficient (Wildman–Crippen LogP) is 4.04. The zero-order valence-corrected chi connectivity index (χ0v) is 16.3. The number of carbonyl (C=O) groups is 1. The molecule has 0 aromatic heterocycles. The quantitative estimate of drug-likeness (QED) is 0.775. The third kappa shape index (κ3) is 4.69. The average molecular weight is 356 g/mol. The van der Waals surface area contributed by atoms with Crippen molar-refractivity contribution >= 4 is 17.3 Å². The molecule has 0 fully saturated rings. The van der Waals surface area contributed by atoms with Crippen molar-refractivity contribution in [3.05, 3.63) is 47.5 Å². The summed E-state index contributed by atoms with van der Waals surface area (Å²) < 4.78 is 10.6. The minimum Gasteiger partial charge on any atom is -0.493 e. The van der Waals surface area contributed by atoms with E-state index in [1.165, 1.54) is 0 Å². The van der Waals surface area contributed by atoms with E-state index in [2.05, 4.69) is 24.1 Å². The van der Waals surface area contributed by atoms with Crippen molar-refractivity contribution in [1.82, 2.24) is 0 Å². The highest BCUT2D eigenvalue weighted by Gasteiger charge is 2.12. The molecule has 0 spiro atoms. The lowest BCUT2D eigenvalue weighted by atomic mass is 10.0. The second kappa shape index (κ2) is 9.13. The fourth-order valence-corrected chi connectivity index (χ4v) is 2.94. The lowest BCUT2D eigenvalue weighted by Gasteiger charge is -2.21. The van der Waals surface area contributed by atoms with Gasteiger partial charge in [-0.2, -0.15) is 0 Å². The van der Waals surface area contributed by atoms with E-state index in [-0.39, 0.29) is 12.3 Å². The van der Waals surface area contributed by atoms with E-state index in [0.29, 0.717) is 11.5 Å². The van der Waals surface area contributed by atoms with Crippen LogP contribution in [-0.4, -0.2) is 33.2 Å². The van der Waals surface area contributed by atoms with Gasteiger partial charge in [0.2, 0.25) is 5.91 Å². The van der Waals surface area contributed by atoms with Crippen molar-refractivity contribution < 1.29 is 14.3 Å². The van der Waals surface area contributed by atoms with Gasteiger partial charge in [0.05, 0.1) is 20.6 Å². The Labute approximate surface area is 155 Å². The predicted molar refractivity (Wildman–Crippen MR) is 107 cm³/mol. The molecule has 5 heteroatoms. The molecule has 26 heavy (non-hydrogen) atoms. The van der Waals surface area contributed by atoms with Gasteiger partial charge in [-0.15, -0.1) is 0 Å².